The fourth-order valence-electron chi connectivity index (χ4n) is 1.60. The molecule has 0 saturated heterocycles. The van der Waals surface area contributed by atoms with Gasteiger partial charge in [-0.15, -0.1) is 0 Å². The average Bonchev–Trinajstić information content (AvgIpc) is 2.37. The number of hydrogen-bond donors (Lipinski definition) is 1. The molecular formula is C14H18N2O2. The Kier molecular flexibility index (Phi) is 5.19. The molecule has 0 radical (unpaired) electrons. The van der Waals surface area contributed by atoms with Gasteiger partial charge in [0.1, 0.15) is 11.8 Å². The van der Waals surface area contributed by atoms with Gasteiger partial charge in [0.2, 0.25) is 0 Å². The average molecular weight is 246 g/mol. The fraction of sp³-hybridized carbons (Fsp3) is 0.429. The molecular weight excluding hydrogens is 228 g/mol. The van der Waals surface area contributed by atoms with Crippen molar-refractivity contribution in [2.45, 2.75) is 26.3 Å². The standard InChI is InChI=1S/C14H18N2O2/c1-10(2)8-12(9-15)16-14(17)11-4-6-13(18-3)7-5-11/h4-7,10,12H,8H2,1-3H3,(H,16,17). The van der Waals surface area contributed by atoms with E-state index in [1.54, 1.807) is 31.4 Å². The van der Waals surface area contributed by atoms with Crippen molar-refractivity contribution < 1.29 is 9.53 Å². The molecule has 0 aliphatic heterocycles. The molecule has 0 aliphatic carbocycles. The number of amides is 1. The van der Waals surface area contributed by atoms with Crippen LogP contribution in [-0.2, 0) is 0 Å². The van der Waals surface area contributed by atoms with Crippen LogP contribution >= 0.6 is 0 Å². The zero-order valence-corrected chi connectivity index (χ0v) is 10.9. The Morgan fingerprint density at radius 2 is 2.00 bits per heavy atom. The third-order valence-corrected chi connectivity index (χ3v) is 2.52. The van der Waals surface area contributed by atoms with Crippen molar-refractivity contribution in [2.24, 2.45) is 5.92 Å². The molecule has 0 bridgehead atoms. The maximum atomic E-state index is 11.9. The summed E-state index contributed by atoms with van der Waals surface area (Å²) in [4.78, 5) is 11.9. The highest BCUT2D eigenvalue weighted by molar-refractivity contribution is 5.94. The molecule has 4 heteroatoms. The lowest BCUT2D eigenvalue weighted by molar-refractivity contribution is 0.0942. The molecule has 0 fully saturated rings. The van der Waals surface area contributed by atoms with E-state index in [4.69, 9.17) is 10.00 Å². The number of nitriles is 1. The van der Waals surface area contributed by atoms with Gasteiger partial charge in [0.05, 0.1) is 13.2 Å². The van der Waals surface area contributed by atoms with Crippen LogP contribution in [0.1, 0.15) is 30.6 Å². The SMILES string of the molecule is COc1ccc(C(=O)NC(C#N)CC(C)C)cc1. The molecule has 1 amide bonds. The molecule has 0 aromatic heterocycles. The highest BCUT2D eigenvalue weighted by Gasteiger charge is 2.14. The summed E-state index contributed by atoms with van der Waals surface area (Å²) in [5.74, 6) is 0.834. The Morgan fingerprint density at radius 1 is 1.39 bits per heavy atom. The largest absolute Gasteiger partial charge is 0.497 e. The zero-order valence-electron chi connectivity index (χ0n) is 10.9. The van der Waals surface area contributed by atoms with Crippen molar-refractivity contribution >= 4 is 5.91 Å². The number of carbonyl (C=O) groups excluding carboxylic acids is 1. The molecule has 0 saturated carbocycles. The Labute approximate surface area is 108 Å². The molecule has 0 heterocycles. The second-order valence-corrected chi connectivity index (χ2v) is 4.51. The van der Waals surface area contributed by atoms with Crippen LogP contribution < -0.4 is 10.1 Å². The van der Waals surface area contributed by atoms with Crippen LogP contribution in [0.4, 0.5) is 0 Å². The van der Waals surface area contributed by atoms with E-state index in [0.29, 0.717) is 23.7 Å². The van der Waals surface area contributed by atoms with E-state index in [1.165, 1.54) is 0 Å². The van der Waals surface area contributed by atoms with E-state index in [-0.39, 0.29) is 5.91 Å². The number of carbonyl (C=O) groups is 1. The minimum Gasteiger partial charge on any atom is -0.497 e. The molecule has 0 spiro atoms. The van der Waals surface area contributed by atoms with Crippen molar-refractivity contribution in [1.82, 2.24) is 5.32 Å². The third-order valence-electron chi connectivity index (χ3n) is 2.52. The lowest BCUT2D eigenvalue weighted by atomic mass is 10.0. The summed E-state index contributed by atoms with van der Waals surface area (Å²) in [6.45, 7) is 4.04. The maximum Gasteiger partial charge on any atom is 0.252 e. The van der Waals surface area contributed by atoms with Crippen LogP contribution in [0.15, 0.2) is 24.3 Å². The fourth-order valence-corrected chi connectivity index (χ4v) is 1.60. The first-order valence-electron chi connectivity index (χ1n) is 5.91. The van der Waals surface area contributed by atoms with Crippen LogP contribution in [0.2, 0.25) is 0 Å². The molecule has 1 aromatic rings. The van der Waals surface area contributed by atoms with Crippen molar-refractivity contribution in [2.75, 3.05) is 7.11 Å². The number of hydrogen-bond acceptors (Lipinski definition) is 3. The van der Waals surface area contributed by atoms with Crippen molar-refractivity contribution in [3.63, 3.8) is 0 Å². The molecule has 1 rings (SSSR count). The van der Waals surface area contributed by atoms with Crippen LogP contribution in [0.5, 0.6) is 5.75 Å². The summed E-state index contributed by atoms with van der Waals surface area (Å²) in [6.07, 6.45) is 0.651. The van der Waals surface area contributed by atoms with E-state index in [9.17, 15) is 4.79 Å². The highest BCUT2D eigenvalue weighted by Crippen LogP contribution is 2.12. The van der Waals surface area contributed by atoms with E-state index in [1.807, 2.05) is 13.8 Å². The molecule has 96 valence electrons. The Bertz CT molecular complexity index is 432. The lowest BCUT2D eigenvalue weighted by Crippen LogP contribution is -2.34. The van der Waals surface area contributed by atoms with Gasteiger partial charge in [-0.1, -0.05) is 13.8 Å². The molecule has 0 aliphatic rings. The summed E-state index contributed by atoms with van der Waals surface area (Å²) in [6, 6.07) is 8.45. The number of methoxy groups -OCH3 is 1. The van der Waals surface area contributed by atoms with E-state index in [2.05, 4.69) is 11.4 Å². The molecule has 18 heavy (non-hydrogen) atoms. The van der Waals surface area contributed by atoms with Gasteiger partial charge >= 0.3 is 0 Å². The van der Waals surface area contributed by atoms with Gasteiger partial charge in [0.15, 0.2) is 0 Å². The molecule has 4 nitrogen and oxygen atoms in total. The Balaban J connectivity index is 2.66. The van der Waals surface area contributed by atoms with Crippen LogP contribution in [0.3, 0.4) is 0 Å². The summed E-state index contributed by atoms with van der Waals surface area (Å²) < 4.78 is 5.02. The van der Waals surface area contributed by atoms with Gasteiger partial charge in [-0.05, 0) is 36.6 Å². The van der Waals surface area contributed by atoms with Crippen molar-refractivity contribution in [1.29, 1.82) is 5.26 Å². The van der Waals surface area contributed by atoms with Gasteiger partial charge in [-0.2, -0.15) is 5.26 Å². The molecule has 1 atom stereocenters. The van der Waals surface area contributed by atoms with E-state index in [0.717, 1.165) is 0 Å². The quantitative estimate of drug-likeness (QED) is 0.867. The van der Waals surface area contributed by atoms with E-state index < -0.39 is 6.04 Å². The van der Waals surface area contributed by atoms with Gasteiger partial charge in [0, 0.05) is 5.56 Å². The normalized spacial score (nSPS) is 11.7. The number of ether oxygens (including phenoxy) is 1. The second-order valence-electron chi connectivity index (χ2n) is 4.51. The first-order chi connectivity index (χ1) is 8.56. The summed E-state index contributed by atoms with van der Waals surface area (Å²) in [5, 5.41) is 11.7. The monoisotopic (exact) mass is 246 g/mol. The number of benzene rings is 1. The van der Waals surface area contributed by atoms with Crippen LogP contribution in [-0.4, -0.2) is 19.1 Å². The third kappa shape index (κ3) is 4.10. The van der Waals surface area contributed by atoms with Crippen molar-refractivity contribution in [3.05, 3.63) is 29.8 Å². The van der Waals surface area contributed by atoms with Gasteiger partial charge < -0.3 is 10.1 Å². The van der Waals surface area contributed by atoms with E-state index >= 15 is 0 Å². The molecule has 1 unspecified atom stereocenters. The first-order valence-corrected chi connectivity index (χ1v) is 5.91. The number of rotatable bonds is 5. The smallest absolute Gasteiger partial charge is 0.252 e. The van der Waals surface area contributed by atoms with Crippen LogP contribution in [0, 0.1) is 17.2 Å². The van der Waals surface area contributed by atoms with Gasteiger partial charge in [0.25, 0.3) is 5.91 Å². The Morgan fingerprint density at radius 3 is 2.44 bits per heavy atom. The second kappa shape index (κ2) is 6.65. The predicted octanol–water partition coefficient (Wildman–Crippen LogP) is 2.36. The highest BCUT2D eigenvalue weighted by atomic mass is 16.5. The molecule has 1 N–H and O–H groups in total. The topological polar surface area (TPSA) is 62.1 Å². The summed E-state index contributed by atoms with van der Waals surface area (Å²) >= 11 is 0. The minimum atomic E-state index is -0.445. The Hall–Kier alpha value is -2.02. The lowest BCUT2D eigenvalue weighted by Gasteiger charge is -2.13. The predicted molar refractivity (Wildman–Crippen MR) is 69.3 cm³/mol. The van der Waals surface area contributed by atoms with Gasteiger partial charge in [-0.25, -0.2) is 0 Å². The summed E-state index contributed by atoms with van der Waals surface area (Å²) in [5.41, 5.74) is 0.528. The summed E-state index contributed by atoms with van der Waals surface area (Å²) in [7, 11) is 1.57. The first kappa shape index (κ1) is 14.0. The van der Waals surface area contributed by atoms with Crippen LogP contribution in [0.25, 0.3) is 0 Å². The van der Waals surface area contributed by atoms with Gasteiger partial charge in [-0.3, -0.25) is 4.79 Å². The van der Waals surface area contributed by atoms with Crippen molar-refractivity contribution in [3.8, 4) is 11.8 Å². The number of nitrogens with one attached hydrogen (secondary N) is 1. The zero-order chi connectivity index (χ0) is 13.5. The minimum absolute atomic E-state index is 0.232. The number of nitrogens with zero attached hydrogens (tertiary/aromatic N) is 1. The maximum absolute atomic E-state index is 11.9. The molecule has 1 aromatic carbocycles.